The summed E-state index contributed by atoms with van der Waals surface area (Å²) in [5.41, 5.74) is 0.419. The number of nitrogens with zero attached hydrogens (tertiary/aromatic N) is 1. The normalized spacial score (nSPS) is 10.7. The van der Waals surface area contributed by atoms with E-state index in [1.54, 1.807) is 6.08 Å². The molecule has 0 unspecified atom stereocenters. The number of nitro groups is 1. The van der Waals surface area contributed by atoms with Gasteiger partial charge in [-0.1, -0.05) is 6.07 Å². The number of thiophene rings is 1. The quantitative estimate of drug-likeness (QED) is 0.365. The monoisotopic (exact) mass is 259 g/mol. The van der Waals surface area contributed by atoms with Crippen molar-refractivity contribution in [3.63, 3.8) is 0 Å². The highest BCUT2D eigenvalue weighted by atomic mass is 32.1. The van der Waals surface area contributed by atoms with Gasteiger partial charge in [0.05, 0.1) is 4.92 Å². The summed E-state index contributed by atoms with van der Waals surface area (Å²) >= 11 is 1.54. The van der Waals surface area contributed by atoms with Crippen molar-refractivity contribution in [2.24, 2.45) is 0 Å². The summed E-state index contributed by atoms with van der Waals surface area (Å²) in [5, 5.41) is 12.4. The Morgan fingerprint density at radius 3 is 2.50 bits per heavy atom. The Morgan fingerprint density at radius 1 is 1.22 bits per heavy atom. The molecule has 0 aliphatic carbocycles. The standard InChI is InChI=1S/C13H9NO3S/c15-13(8-7-12-2-1-9-18-12)10-3-5-11(6-4-10)14(16)17/h1-9H. The molecule has 0 amide bonds. The van der Waals surface area contributed by atoms with E-state index in [1.807, 2.05) is 17.5 Å². The lowest BCUT2D eigenvalue weighted by Gasteiger charge is -1.95. The molecule has 0 radical (unpaired) electrons. The van der Waals surface area contributed by atoms with Gasteiger partial charge in [0.15, 0.2) is 5.78 Å². The predicted molar refractivity (Wildman–Crippen MR) is 70.8 cm³/mol. The molecule has 1 aromatic heterocycles. The van der Waals surface area contributed by atoms with Crippen LogP contribution < -0.4 is 0 Å². The van der Waals surface area contributed by atoms with E-state index in [4.69, 9.17) is 0 Å². The first kappa shape index (κ1) is 12.2. The highest BCUT2D eigenvalue weighted by Crippen LogP contribution is 2.14. The van der Waals surface area contributed by atoms with Crippen LogP contribution in [0.2, 0.25) is 0 Å². The zero-order chi connectivity index (χ0) is 13.0. The van der Waals surface area contributed by atoms with Crippen molar-refractivity contribution in [3.8, 4) is 0 Å². The summed E-state index contributed by atoms with van der Waals surface area (Å²) < 4.78 is 0. The second-order valence-corrected chi connectivity index (χ2v) is 4.50. The van der Waals surface area contributed by atoms with Gasteiger partial charge in [-0.25, -0.2) is 0 Å². The van der Waals surface area contributed by atoms with Crippen LogP contribution in [0.5, 0.6) is 0 Å². The first-order valence-corrected chi connectivity index (χ1v) is 6.05. The summed E-state index contributed by atoms with van der Waals surface area (Å²) in [6.45, 7) is 0. The predicted octanol–water partition coefficient (Wildman–Crippen LogP) is 3.55. The van der Waals surface area contributed by atoms with Crippen LogP contribution in [-0.2, 0) is 0 Å². The molecule has 90 valence electrons. The summed E-state index contributed by atoms with van der Waals surface area (Å²) in [4.78, 5) is 22.7. The molecule has 2 rings (SSSR count). The molecular formula is C13H9NO3S. The first-order valence-electron chi connectivity index (χ1n) is 5.17. The fourth-order valence-electron chi connectivity index (χ4n) is 1.39. The van der Waals surface area contributed by atoms with Crippen molar-refractivity contribution in [2.45, 2.75) is 0 Å². The number of carbonyl (C=O) groups is 1. The zero-order valence-corrected chi connectivity index (χ0v) is 10.1. The maximum atomic E-state index is 11.8. The Morgan fingerprint density at radius 2 is 1.94 bits per heavy atom. The van der Waals surface area contributed by atoms with E-state index in [1.165, 1.54) is 41.7 Å². The molecule has 2 aromatic rings. The molecule has 0 saturated heterocycles. The maximum absolute atomic E-state index is 11.8. The Hall–Kier alpha value is -2.27. The average molecular weight is 259 g/mol. The van der Waals surface area contributed by atoms with Crippen LogP contribution in [0.25, 0.3) is 6.08 Å². The Bertz CT molecular complexity index is 585. The third kappa shape index (κ3) is 2.89. The number of rotatable bonds is 4. The summed E-state index contributed by atoms with van der Waals surface area (Å²) in [6.07, 6.45) is 3.20. The Kier molecular flexibility index (Phi) is 3.64. The van der Waals surface area contributed by atoms with Gasteiger partial charge in [0.1, 0.15) is 0 Å². The van der Waals surface area contributed by atoms with Gasteiger partial charge in [-0.15, -0.1) is 11.3 Å². The third-order valence-electron chi connectivity index (χ3n) is 2.30. The van der Waals surface area contributed by atoms with Crippen LogP contribution >= 0.6 is 11.3 Å². The maximum Gasteiger partial charge on any atom is 0.269 e. The second kappa shape index (κ2) is 5.37. The van der Waals surface area contributed by atoms with Crippen LogP contribution in [0.1, 0.15) is 15.2 Å². The largest absolute Gasteiger partial charge is 0.289 e. The fourth-order valence-corrected chi connectivity index (χ4v) is 2.01. The van der Waals surface area contributed by atoms with Gasteiger partial charge in [-0.3, -0.25) is 14.9 Å². The smallest absolute Gasteiger partial charge is 0.269 e. The Balaban J connectivity index is 2.12. The van der Waals surface area contributed by atoms with Crippen molar-refractivity contribution in [1.82, 2.24) is 0 Å². The van der Waals surface area contributed by atoms with E-state index in [-0.39, 0.29) is 11.5 Å². The first-order chi connectivity index (χ1) is 8.66. The van der Waals surface area contributed by atoms with Gasteiger partial charge < -0.3 is 0 Å². The number of benzene rings is 1. The molecular weight excluding hydrogens is 250 g/mol. The third-order valence-corrected chi connectivity index (χ3v) is 3.14. The van der Waals surface area contributed by atoms with Crippen molar-refractivity contribution >= 4 is 28.9 Å². The highest BCUT2D eigenvalue weighted by Gasteiger charge is 2.07. The number of ketones is 1. The molecule has 0 saturated carbocycles. The molecule has 0 bridgehead atoms. The number of non-ortho nitro benzene ring substituents is 1. The molecule has 0 fully saturated rings. The molecule has 5 heteroatoms. The van der Waals surface area contributed by atoms with Crippen LogP contribution in [0.3, 0.4) is 0 Å². The zero-order valence-electron chi connectivity index (χ0n) is 9.28. The minimum absolute atomic E-state index is 0.0196. The molecule has 0 aliphatic rings. The molecule has 0 aliphatic heterocycles. The van der Waals surface area contributed by atoms with E-state index >= 15 is 0 Å². The van der Waals surface area contributed by atoms with Crippen molar-refractivity contribution in [3.05, 3.63) is 68.4 Å². The highest BCUT2D eigenvalue weighted by molar-refractivity contribution is 7.10. The lowest BCUT2D eigenvalue weighted by Crippen LogP contribution is -1.94. The van der Waals surface area contributed by atoms with E-state index in [0.29, 0.717) is 5.56 Å². The van der Waals surface area contributed by atoms with Crippen molar-refractivity contribution in [2.75, 3.05) is 0 Å². The number of carbonyl (C=O) groups excluding carboxylic acids is 1. The van der Waals surface area contributed by atoms with Gasteiger partial charge in [-0.2, -0.15) is 0 Å². The lowest BCUT2D eigenvalue weighted by molar-refractivity contribution is -0.384. The van der Waals surface area contributed by atoms with Gasteiger partial charge >= 0.3 is 0 Å². The van der Waals surface area contributed by atoms with Crippen LogP contribution in [0.15, 0.2) is 47.9 Å². The molecule has 18 heavy (non-hydrogen) atoms. The van der Waals surface area contributed by atoms with Crippen molar-refractivity contribution in [1.29, 1.82) is 0 Å². The topological polar surface area (TPSA) is 60.2 Å². The van der Waals surface area contributed by atoms with Gasteiger partial charge in [0.25, 0.3) is 5.69 Å². The average Bonchev–Trinajstić information content (AvgIpc) is 2.89. The van der Waals surface area contributed by atoms with E-state index < -0.39 is 4.92 Å². The van der Waals surface area contributed by atoms with Crippen LogP contribution in [0.4, 0.5) is 5.69 Å². The van der Waals surface area contributed by atoms with Gasteiger partial charge in [-0.05, 0) is 35.7 Å². The molecule has 1 aromatic carbocycles. The van der Waals surface area contributed by atoms with E-state index in [9.17, 15) is 14.9 Å². The fraction of sp³-hybridized carbons (Fsp3) is 0. The summed E-state index contributed by atoms with van der Waals surface area (Å²) in [6, 6.07) is 9.38. The minimum Gasteiger partial charge on any atom is -0.289 e. The molecule has 0 spiro atoms. The Labute approximate surface area is 107 Å². The molecule has 0 atom stereocenters. The summed E-state index contributed by atoms with van der Waals surface area (Å²) in [5.74, 6) is -0.168. The summed E-state index contributed by atoms with van der Waals surface area (Å²) in [7, 11) is 0. The molecule has 0 N–H and O–H groups in total. The van der Waals surface area contributed by atoms with Crippen LogP contribution in [0, 0.1) is 10.1 Å². The second-order valence-electron chi connectivity index (χ2n) is 3.52. The minimum atomic E-state index is -0.490. The van der Waals surface area contributed by atoms with Crippen molar-refractivity contribution < 1.29 is 9.72 Å². The van der Waals surface area contributed by atoms with Crippen LogP contribution in [-0.4, -0.2) is 10.7 Å². The molecule has 4 nitrogen and oxygen atoms in total. The van der Waals surface area contributed by atoms with Gasteiger partial charge in [0.2, 0.25) is 0 Å². The number of nitro benzene ring substituents is 1. The number of hydrogen-bond acceptors (Lipinski definition) is 4. The molecule has 1 heterocycles. The number of hydrogen-bond donors (Lipinski definition) is 0. The SMILES string of the molecule is O=C(C=Cc1cccs1)c1ccc([N+](=O)[O-])cc1. The number of allylic oxidation sites excluding steroid dienone is 1. The van der Waals surface area contributed by atoms with E-state index in [2.05, 4.69) is 0 Å². The lowest BCUT2D eigenvalue weighted by atomic mass is 10.1. The van der Waals surface area contributed by atoms with Gasteiger partial charge in [0, 0.05) is 22.6 Å². The van der Waals surface area contributed by atoms with E-state index in [0.717, 1.165) is 4.88 Å².